The van der Waals surface area contributed by atoms with Crippen LogP contribution in [0.4, 0.5) is 11.4 Å². The van der Waals surface area contributed by atoms with Crippen LogP contribution in [0.2, 0.25) is 5.02 Å². The van der Waals surface area contributed by atoms with Gasteiger partial charge < -0.3 is 0 Å². The lowest BCUT2D eigenvalue weighted by molar-refractivity contribution is -0.117. The Balaban J connectivity index is 2.11. The lowest BCUT2D eigenvalue weighted by atomic mass is 10.1. The molecule has 1 aliphatic rings. The van der Waals surface area contributed by atoms with Gasteiger partial charge in [0, 0.05) is 5.02 Å². The Morgan fingerprint density at radius 1 is 1.23 bits per heavy atom. The number of nitrogens with zero attached hydrogens (tertiary/aromatic N) is 2. The first-order valence-electron chi connectivity index (χ1n) is 6.90. The molecule has 0 saturated heterocycles. The normalized spacial score (nSPS) is 14.4. The van der Waals surface area contributed by atoms with Crippen LogP contribution in [0.1, 0.15) is 11.1 Å². The number of anilines is 1. The summed E-state index contributed by atoms with van der Waals surface area (Å²) in [4.78, 5) is 19.0. The number of amidine groups is 1. The summed E-state index contributed by atoms with van der Waals surface area (Å²) in [6.07, 6.45) is 2.25. The minimum atomic E-state index is -0.00188. The van der Waals surface area contributed by atoms with E-state index in [4.69, 9.17) is 11.6 Å². The molecule has 0 N–H and O–H groups in total. The second-order valence-electron chi connectivity index (χ2n) is 5.07. The van der Waals surface area contributed by atoms with Crippen LogP contribution in [0.5, 0.6) is 0 Å². The summed E-state index contributed by atoms with van der Waals surface area (Å²) in [5.41, 5.74) is 3.53. The number of benzene rings is 2. The fourth-order valence-electron chi connectivity index (χ4n) is 2.38. The summed E-state index contributed by atoms with van der Waals surface area (Å²) in [5, 5.41) is 1.31. The van der Waals surface area contributed by atoms with Gasteiger partial charge in [-0.05, 0) is 42.5 Å². The van der Waals surface area contributed by atoms with Crippen LogP contribution in [0.25, 0.3) is 0 Å². The number of thioether (sulfide) groups is 1. The molecule has 112 valence electrons. The molecule has 1 amide bonds. The molecule has 0 unspecified atom stereocenters. The number of para-hydroxylation sites is 1. The van der Waals surface area contributed by atoms with E-state index in [1.807, 2.05) is 55.6 Å². The van der Waals surface area contributed by atoms with Gasteiger partial charge in [-0.3, -0.25) is 9.69 Å². The highest BCUT2D eigenvalue weighted by atomic mass is 35.5. The van der Waals surface area contributed by atoms with Crippen molar-refractivity contribution >= 4 is 45.8 Å². The van der Waals surface area contributed by atoms with E-state index in [1.165, 1.54) is 11.8 Å². The Hall–Kier alpha value is -1.78. The Labute approximate surface area is 139 Å². The molecule has 3 nitrogen and oxygen atoms in total. The van der Waals surface area contributed by atoms with Gasteiger partial charge in [-0.2, -0.15) is 0 Å². The lowest BCUT2D eigenvalue weighted by Crippen LogP contribution is -2.35. The summed E-state index contributed by atoms with van der Waals surface area (Å²) < 4.78 is 0. The first-order chi connectivity index (χ1) is 10.6. The van der Waals surface area contributed by atoms with Crippen LogP contribution >= 0.6 is 23.4 Å². The largest absolute Gasteiger partial charge is 0.274 e. The second-order valence-corrected chi connectivity index (χ2v) is 6.25. The number of aliphatic imine (C=N–C) groups is 1. The van der Waals surface area contributed by atoms with E-state index in [-0.39, 0.29) is 5.91 Å². The van der Waals surface area contributed by atoms with Gasteiger partial charge >= 0.3 is 0 Å². The van der Waals surface area contributed by atoms with Crippen molar-refractivity contribution in [3.63, 3.8) is 0 Å². The number of hydrogen-bond acceptors (Lipinski definition) is 3. The minimum absolute atomic E-state index is 0.00188. The third-order valence-electron chi connectivity index (χ3n) is 3.59. The summed E-state index contributed by atoms with van der Waals surface area (Å²) in [6.45, 7) is 1.94. The molecule has 5 heteroatoms. The first-order valence-corrected chi connectivity index (χ1v) is 8.50. The molecule has 0 bridgehead atoms. The van der Waals surface area contributed by atoms with Gasteiger partial charge in [0.25, 0.3) is 0 Å². The molecule has 3 rings (SSSR count). The van der Waals surface area contributed by atoms with Gasteiger partial charge in [0.1, 0.15) is 0 Å². The van der Waals surface area contributed by atoms with E-state index < -0.39 is 0 Å². The SMILES string of the molecule is CSC1=Nc2ccccc2CC(=O)N1c1ccc(C)c(Cl)c1. The standard InChI is InChI=1S/C17H15ClN2OS/c1-11-7-8-13(10-14(11)18)20-16(21)9-12-5-3-4-6-15(12)19-17(20)22-2/h3-8,10H,9H2,1-2H3. The molecule has 1 aliphatic heterocycles. The maximum atomic E-state index is 12.7. The van der Waals surface area contributed by atoms with Crippen molar-refractivity contribution in [3.8, 4) is 0 Å². The quantitative estimate of drug-likeness (QED) is 0.766. The second kappa shape index (κ2) is 6.15. The lowest BCUT2D eigenvalue weighted by Gasteiger charge is -2.22. The van der Waals surface area contributed by atoms with Crippen molar-refractivity contribution < 1.29 is 4.79 Å². The van der Waals surface area contributed by atoms with Gasteiger partial charge in [-0.25, -0.2) is 4.99 Å². The molecule has 0 radical (unpaired) electrons. The molecule has 0 saturated carbocycles. The third kappa shape index (κ3) is 2.76. The molecule has 1 heterocycles. The van der Waals surface area contributed by atoms with Gasteiger partial charge in [0.05, 0.1) is 17.8 Å². The number of aryl methyl sites for hydroxylation is 1. The summed E-state index contributed by atoms with van der Waals surface area (Å²) in [6, 6.07) is 13.4. The number of carbonyl (C=O) groups is 1. The smallest absolute Gasteiger partial charge is 0.237 e. The van der Waals surface area contributed by atoms with Crippen LogP contribution in [-0.2, 0) is 11.2 Å². The van der Waals surface area contributed by atoms with E-state index >= 15 is 0 Å². The van der Waals surface area contributed by atoms with Crippen molar-refractivity contribution in [3.05, 3.63) is 58.6 Å². The molecular weight excluding hydrogens is 316 g/mol. The average molecular weight is 331 g/mol. The Bertz CT molecular complexity index is 773. The topological polar surface area (TPSA) is 32.7 Å². The Morgan fingerprint density at radius 3 is 2.73 bits per heavy atom. The molecule has 2 aromatic rings. The van der Waals surface area contributed by atoms with Crippen molar-refractivity contribution in [2.45, 2.75) is 13.3 Å². The summed E-state index contributed by atoms with van der Waals surface area (Å²) in [7, 11) is 0. The highest BCUT2D eigenvalue weighted by Gasteiger charge is 2.26. The zero-order chi connectivity index (χ0) is 15.7. The molecule has 0 aliphatic carbocycles. The van der Waals surface area contributed by atoms with Gasteiger partial charge in [-0.15, -0.1) is 0 Å². The number of rotatable bonds is 1. The van der Waals surface area contributed by atoms with E-state index in [1.54, 1.807) is 4.90 Å². The molecule has 0 atom stereocenters. The molecular formula is C17H15ClN2OS. The van der Waals surface area contributed by atoms with Crippen LogP contribution in [0, 0.1) is 6.92 Å². The maximum absolute atomic E-state index is 12.7. The van der Waals surface area contributed by atoms with Crippen LogP contribution in [0.15, 0.2) is 47.5 Å². The predicted octanol–water partition coefficient (Wildman–Crippen LogP) is 4.59. The maximum Gasteiger partial charge on any atom is 0.237 e. The third-order valence-corrected chi connectivity index (χ3v) is 4.63. The van der Waals surface area contributed by atoms with E-state index in [2.05, 4.69) is 4.99 Å². The fraction of sp³-hybridized carbons (Fsp3) is 0.176. The number of halogens is 1. The highest BCUT2D eigenvalue weighted by molar-refractivity contribution is 8.13. The molecule has 0 fully saturated rings. The monoisotopic (exact) mass is 330 g/mol. The Morgan fingerprint density at radius 2 is 2.00 bits per heavy atom. The van der Waals surface area contributed by atoms with Crippen LogP contribution in [-0.4, -0.2) is 17.3 Å². The van der Waals surface area contributed by atoms with Crippen molar-refractivity contribution in [1.82, 2.24) is 0 Å². The average Bonchev–Trinajstić information content (AvgIpc) is 2.65. The molecule has 22 heavy (non-hydrogen) atoms. The highest BCUT2D eigenvalue weighted by Crippen LogP contribution is 2.31. The van der Waals surface area contributed by atoms with Gasteiger partial charge in [0.2, 0.25) is 5.91 Å². The Kier molecular flexibility index (Phi) is 4.23. The van der Waals surface area contributed by atoms with Crippen molar-refractivity contribution in [1.29, 1.82) is 0 Å². The minimum Gasteiger partial charge on any atom is -0.274 e. The predicted molar refractivity (Wildman–Crippen MR) is 94.4 cm³/mol. The van der Waals surface area contributed by atoms with E-state index in [0.29, 0.717) is 16.6 Å². The van der Waals surface area contributed by atoms with Gasteiger partial charge in [0.15, 0.2) is 5.17 Å². The van der Waals surface area contributed by atoms with Crippen LogP contribution in [0.3, 0.4) is 0 Å². The number of carbonyl (C=O) groups excluding carboxylic acids is 1. The zero-order valence-electron chi connectivity index (χ0n) is 12.3. The summed E-state index contributed by atoms with van der Waals surface area (Å²) >= 11 is 7.67. The molecule has 0 aromatic heterocycles. The number of hydrogen-bond donors (Lipinski definition) is 0. The molecule has 0 spiro atoms. The van der Waals surface area contributed by atoms with Crippen LogP contribution < -0.4 is 4.90 Å². The zero-order valence-corrected chi connectivity index (χ0v) is 13.9. The number of fused-ring (bicyclic) bond motifs is 1. The van der Waals surface area contributed by atoms with E-state index in [0.717, 1.165) is 22.5 Å². The molecule has 2 aromatic carbocycles. The van der Waals surface area contributed by atoms with E-state index in [9.17, 15) is 4.79 Å². The fourth-order valence-corrected chi connectivity index (χ4v) is 3.14. The number of amides is 1. The van der Waals surface area contributed by atoms with Crippen molar-refractivity contribution in [2.75, 3.05) is 11.2 Å². The first kappa shape index (κ1) is 15.1. The van der Waals surface area contributed by atoms with Gasteiger partial charge in [-0.1, -0.05) is 47.6 Å². The summed E-state index contributed by atoms with van der Waals surface area (Å²) in [5.74, 6) is -0.00188. The van der Waals surface area contributed by atoms with Crippen molar-refractivity contribution in [2.24, 2.45) is 4.99 Å².